The number of pyridine rings is 1. The molecule has 0 saturated carbocycles. The summed E-state index contributed by atoms with van der Waals surface area (Å²) in [6, 6.07) is 5.51. The molecule has 0 bridgehead atoms. The number of piperidine rings is 1. The van der Waals surface area contributed by atoms with Crippen LogP contribution in [-0.2, 0) is 4.74 Å². The standard InChI is InChI=1S/C17H25N3O2/c1-22-14-13-20-10-4-6-17(20)7-11-19(12-8-17)16(21)15-5-2-3-9-18-15/h2-3,5,9H,4,6-8,10-14H2,1H3. The van der Waals surface area contributed by atoms with E-state index in [1.807, 2.05) is 17.0 Å². The van der Waals surface area contributed by atoms with Gasteiger partial charge in [-0.3, -0.25) is 14.7 Å². The van der Waals surface area contributed by atoms with Crippen LogP contribution in [0, 0.1) is 0 Å². The van der Waals surface area contributed by atoms with E-state index in [9.17, 15) is 4.79 Å². The maximum absolute atomic E-state index is 12.5. The Morgan fingerprint density at radius 2 is 2.09 bits per heavy atom. The van der Waals surface area contributed by atoms with Crippen LogP contribution in [0.3, 0.4) is 0 Å². The van der Waals surface area contributed by atoms with E-state index in [1.54, 1.807) is 19.4 Å². The van der Waals surface area contributed by atoms with E-state index in [0.29, 0.717) is 11.2 Å². The molecule has 5 nitrogen and oxygen atoms in total. The van der Waals surface area contributed by atoms with Crippen LogP contribution in [0.1, 0.15) is 36.2 Å². The zero-order valence-electron chi connectivity index (χ0n) is 13.3. The lowest BCUT2D eigenvalue weighted by Gasteiger charge is -2.45. The average molecular weight is 303 g/mol. The summed E-state index contributed by atoms with van der Waals surface area (Å²) >= 11 is 0. The van der Waals surface area contributed by atoms with Crippen molar-refractivity contribution in [2.75, 3.05) is 39.9 Å². The Balaban J connectivity index is 1.61. The number of aromatic nitrogens is 1. The molecule has 120 valence electrons. The molecule has 0 aliphatic carbocycles. The first-order chi connectivity index (χ1) is 10.7. The van der Waals surface area contributed by atoms with Crippen molar-refractivity contribution >= 4 is 5.91 Å². The molecule has 0 atom stereocenters. The third kappa shape index (κ3) is 3.01. The minimum absolute atomic E-state index is 0.0666. The molecule has 0 N–H and O–H groups in total. The number of rotatable bonds is 4. The minimum atomic E-state index is 0.0666. The van der Waals surface area contributed by atoms with Crippen molar-refractivity contribution in [3.05, 3.63) is 30.1 Å². The topological polar surface area (TPSA) is 45.7 Å². The zero-order valence-corrected chi connectivity index (χ0v) is 13.3. The fraction of sp³-hybridized carbons (Fsp3) is 0.647. The molecular formula is C17H25N3O2. The second kappa shape index (κ2) is 6.75. The van der Waals surface area contributed by atoms with Gasteiger partial charge in [-0.2, -0.15) is 0 Å². The van der Waals surface area contributed by atoms with Gasteiger partial charge in [0.15, 0.2) is 0 Å². The Labute approximate surface area is 132 Å². The minimum Gasteiger partial charge on any atom is -0.383 e. The number of amides is 1. The summed E-state index contributed by atoms with van der Waals surface area (Å²) in [7, 11) is 1.76. The van der Waals surface area contributed by atoms with Crippen LogP contribution in [-0.4, -0.2) is 66.1 Å². The quantitative estimate of drug-likeness (QED) is 0.851. The van der Waals surface area contributed by atoms with Crippen molar-refractivity contribution in [1.29, 1.82) is 0 Å². The van der Waals surface area contributed by atoms with Crippen LogP contribution < -0.4 is 0 Å². The smallest absolute Gasteiger partial charge is 0.272 e. The van der Waals surface area contributed by atoms with E-state index in [0.717, 1.165) is 45.6 Å². The number of ether oxygens (including phenoxy) is 1. The van der Waals surface area contributed by atoms with Gasteiger partial charge in [-0.15, -0.1) is 0 Å². The van der Waals surface area contributed by atoms with Crippen LogP contribution >= 0.6 is 0 Å². The van der Waals surface area contributed by atoms with Crippen molar-refractivity contribution in [3.8, 4) is 0 Å². The fourth-order valence-electron chi connectivity index (χ4n) is 3.89. The van der Waals surface area contributed by atoms with Crippen molar-refractivity contribution in [3.63, 3.8) is 0 Å². The summed E-state index contributed by atoms with van der Waals surface area (Å²) in [4.78, 5) is 21.2. The molecule has 1 amide bonds. The Morgan fingerprint density at radius 1 is 1.27 bits per heavy atom. The lowest BCUT2D eigenvalue weighted by Crippen LogP contribution is -2.53. The SMILES string of the molecule is COCCN1CCCC12CCN(C(=O)c1ccccn1)CC2. The highest BCUT2D eigenvalue weighted by atomic mass is 16.5. The number of carbonyl (C=O) groups excluding carboxylic acids is 1. The number of carbonyl (C=O) groups is 1. The largest absolute Gasteiger partial charge is 0.383 e. The van der Waals surface area contributed by atoms with Crippen LogP contribution in [0.2, 0.25) is 0 Å². The van der Waals surface area contributed by atoms with Gasteiger partial charge in [-0.25, -0.2) is 0 Å². The van der Waals surface area contributed by atoms with Gasteiger partial charge in [0.2, 0.25) is 0 Å². The van der Waals surface area contributed by atoms with E-state index in [2.05, 4.69) is 9.88 Å². The summed E-state index contributed by atoms with van der Waals surface area (Å²) in [5.74, 6) is 0.0666. The van der Waals surface area contributed by atoms with Crippen molar-refractivity contribution in [2.45, 2.75) is 31.2 Å². The molecule has 1 aromatic rings. The van der Waals surface area contributed by atoms with Crippen LogP contribution in [0.4, 0.5) is 0 Å². The highest BCUT2D eigenvalue weighted by molar-refractivity contribution is 5.92. The van der Waals surface area contributed by atoms with Gasteiger partial charge < -0.3 is 9.64 Å². The van der Waals surface area contributed by atoms with Crippen molar-refractivity contribution < 1.29 is 9.53 Å². The highest BCUT2D eigenvalue weighted by Crippen LogP contribution is 2.38. The molecule has 0 radical (unpaired) electrons. The van der Waals surface area contributed by atoms with Gasteiger partial charge in [0.25, 0.3) is 5.91 Å². The molecule has 2 fully saturated rings. The first kappa shape index (κ1) is 15.4. The monoisotopic (exact) mass is 303 g/mol. The molecule has 2 aliphatic rings. The number of nitrogens with zero attached hydrogens (tertiary/aromatic N) is 3. The Kier molecular flexibility index (Phi) is 4.74. The molecule has 3 heterocycles. The average Bonchev–Trinajstić information content (AvgIpc) is 2.96. The molecule has 0 aromatic carbocycles. The number of hydrogen-bond donors (Lipinski definition) is 0. The number of methoxy groups -OCH3 is 1. The van der Waals surface area contributed by atoms with Gasteiger partial charge in [0.1, 0.15) is 5.69 Å². The maximum Gasteiger partial charge on any atom is 0.272 e. The summed E-state index contributed by atoms with van der Waals surface area (Å²) in [5.41, 5.74) is 0.848. The third-order valence-corrected chi connectivity index (χ3v) is 5.17. The molecule has 3 rings (SSSR count). The van der Waals surface area contributed by atoms with Crippen LogP contribution in [0.15, 0.2) is 24.4 Å². The normalized spacial score (nSPS) is 21.4. The second-order valence-electron chi connectivity index (χ2n) is 6.31. The molecule has 1 spiro atoms. The molecule has 5 heteroatoms. The van der Waals surface area contributed by atoms with E-state index in [1.165, 1.54) is 12.8 Å². The van der Waals surface area contributed by atoms with E-state index < -0.39 is 0 Å². The van der Waals surface area contributed by atoms with Gasteiger partial charge >= 0.3 is 0 Å². The molecule has 0 unspecified atom stereocenters. The molecule has 22 heavy (non-hydrogen) atoms. The van der Waals surface area contributed by atoms with E-state index in [4.69, 9.17) is 4.74 Å². The van der Waals surface area contributed by atoms with E-state index in [-0.39, 0.29) is 5.91 Å². The zero-order chi connectivity index (χ0) is 15.4. The number of likely N-dealkylation sites (tertiary alicyclic amines) is 2. The van der Waals surface area contributed by atoms with Gasteiger partial charge in [0, 0.05) is 38.5 Å². The molecule has 2 aliphatic heterocycles. The first-order valence-electron chi connectivity index (χ1n) is 8.19. The van der Waals surface area contributed by atoms with Gasteiger partial charge in [0.05, 0.1) is 6.61 Å². The molecular weight excluding hydrogens is 278 g/mol. The molecule has 1 aromatic heterocycles. The molecule has 2 saturated heterocycles. The predicted molar refractivity (Wildman–Crippen MR) is 84.8 cm³/mol. The lowest BCUT2D eigenvalue weighted by atomic mass is 9.85. The fourth-order valence-corrected chi connectivity index (χ4v) is 3.89. The Morgan fingerprint density at radius 3 is 2.77 bits per heavy atom. The highest BCUT2D eigenvalue weighted by Gasteiger charge is 2.43. The summed E-state index contributed by atoms with van der Waals surface area (Å²) in [5, 5.41) is 0. The van der Waals surface area contributed by atoms with Crippen molar-refractivity contribution in [2.24, 2.45) is 0 Å². The summed E-state index contributed by atoms with van der Waals surface area (Å²) in [6.07, 6.45) is 6.33. The predicted octanol–water partition coefficient (Wildman–Crippen LogP) is 1.80. The Hall–Kier alpha value is -1.46. The summed E-state index contributed by atoms with van der Waals surface area (Å²) in [6.45, 7) is 4.62. The van der Waals surface area contributed by atoms with Crippen LogP contribution in [0.25, 0.3) is 0 Å². The van der Waals surface area contributed by atoms with Crippen LogP contribution in [0.5, 0.6) is 0 Å². The lowest BCUT2D eigenvalue weighted by molar-refractivity contribution is 0.0307. The van der Waals surface area contributed by atoms with Gasteiger partial charge in [-0.1, -0.05) is 6.07 Å². The van der Waals surface area contributed by atoms with E-state index >= 15 is 0 Å². The second-order valence-corrected chi connectivity index (χ2v) is 6.31. The third-order valence-electron chi connectivity index (χ3n) is 5.17. The van der Waals surface area contributed by atoms with Gasteiger partial charge in [-0.05, 0) is 44.4 Å². The number of hydrogen-bond acceptors (Lipinski definition) is 4. The maximum atomic E-state index is 12.5. The first-order valence-corrected chi connectivity index (χ1v) is 8.19. The van der Waals surface area contributed by atoms with Crippen molar-refractivity contribution in [1.82, 2.24) is 14.8 Å². The Bertz CT molecular complexity index is 498. The summed E-state index contributed by atoms with van der Waals surface area (Å²) < 4.78 is 5.24.